The van der Waals surface area contributed by atoms with E-state index >= 15 is 0 Å². The Morgan fingerprint density at radius 3 is 1.82 bits per heavy atom. The summed E-state index contributed by atoms with van der Waals surface area (Å²) in [5, 5.41) is 0. The van der Waals surface area contributed by atoms with E-state index in [1.54, 1.807) is 0 Å². The molecule has 0 aromatic rings. The zero-order valence-corrected chi connectivity index (χ0v) is 8.42. The number of halogens is 8. The Kier molecular flexibility index (Phi) is 3.14. The van der Waals surface area contributed by atoms with Crippen molar-refractivity contribution in [3.8, 4) is 0 Å². The van der Waals surface area contributed by atoms with Crippen molar-refractivity contribution < 1.29 is 39.9 Å². The molecule has 1 aliphatic heterocycles. The summed E-state index contributed by atoms with van der Waals surface area (Å²) in [6.45, 7) is 1.12. The second kappa shape index (κ2) is 3.69. The fraction of sp³-hybridized carbons (Fsp3) is 1.00. The van der Waals surface area contributed by atoms with Gasteiger partial charge in [0.1, 0.15) is 0 Å². The fourth-order valence-electron chi connectivity index (χ4n) is 1.44. The molecule has 1 nitrogen and oxygen atoms in total. The summed E-state index contributed by atoms with van der Waals surface area (Å²) >= 11 is 0. The molecule has 0 aromatic heterocycles. The highest BCUT2D eigenvalue weighted by Crippen LogP contribution is 2.59. The quantitative estimate of drug-likeness (QED) is 0.697. The lowest BCUT2D eigenvalue weighted by Gasteiger charge is -2.46. The van der Waals surface area contributed by atoms with E-state index in [-0.39, 0.29) is 0 Å². The number of ether oxygens (including phenoxy) is 1. The average molecular weight is 272 g/mol. The highest BCUT2D eigenvalue weighted by molar-refractivity contribution is 5.09. The number of alkyl halides is 8. The molecule has 2 unspecified atom stereocenters. The van der Waals surface area contributed by atoms with E-state index in [9.17, 15) is 35.1 Å². The molecule has 0 aliphatic carbocycles. The Morgan fingerprint density at radius 1 is 0.941 bits per heavy atom. The zero-order valence-electron chi connectivity index (χ0n) is 8.42. The van der Waals surface area contributed by atoms with Gasteiger partial charge in [0.05, 0.1) is 0 Å². The lowest BCUT2D eigenvalue weighted by Crippen LogP contribution is -2.72. The summed E-state index contributed by atoms with van der Waals surface area (Å²) in [4.78, 5) is 0. The Morgan fingerprint density at radius 2 is 1.41 bits per heavy atom. The van der Waals surface area contributed by atoms with Crippen LogP contribution in [-0.4, -0.2) is 30.0 Å². The topological polar surface area (TPSA) is 9.23 Å². The molecular formula is C8H8F8O. The minimum atomic E-state index is -6.17. The summed E-state index contributed by atoms with van der Waals surface area (Å²) < 4.78 is 106. The molecule has 1 heterocycles. The van der Waals surface area contributed by atoms with E-state index in [1.807, 2.05) is 0 Å². The molecule has 102 valence electrons. The van der Waals surface area contributed by atoms with Crippen LogP contribution in [0.3, 0.4) is 0 Å². The van der Waals surface area contributed by atoms with Crippen molar-refractivity contribution in [2.45, 2.75) is 49.7 Å². The summed E-state index contributed by atoms with van der Waals surface area (Å²) in [6, 6.07) is 0. The number of hydrogen-bond acceptors (Lipinski definition) is 1. The molecular weight excluding hydrogens is 264 g/mol. The predicted molar refractivity (Wildman–Crippen MR) is 39.6 cm³/mol. The van der Waals surface area contributed by atoms with Gasteiger partial charge in [-0.05, 0) is 0 Å². The van der Waals surface area contributed by atoms with Gasteiger partial charge in [-0.2, -0.15) is 26.3 Å². The van der Waals surface area contributed by atoms with Crippen LogP contribution < -0.4 is 0 Å². The molecule has 1 fully saturated rings. The molecule has 1 aliphatic rings. The highest BCUT2D eigenvalue weighted by Gasteiger charge is 2.86. The fourth-order valence-corrected chi connectivity index (χ4v) is 1.44. The second-order valence-electron chi connectivity index (χ2n) is 3.68. The zero-order chi connectivity index (χ0) is 13.7. The molecule has 0 aromatic carbocycles. The van der Waals surface area contributed by atoms with Crippen LogP contribution in [0.1, 0.15) is 19.8 Å². The summed E-state index contributed by atoms with van der Waals surface area (Å²) in [5.41, 5.74) is 0. The first-order valence-corrected chi connectivity index (χ1v) is 4.58. The van der Waals surface area contributed by atoms with Gasteiger partial charge in [-0.15, -0.1) is 0 Å². The maximum atomic E-state index is 13.4. The molecule has 0 spiro atoms. The third-order valence-electron chi connectivity index (χ3n) is 2.43. The van der Waals surface area contributed by atoms with Crippen molar-refractivity contribution in [3.05, 3.63) is 0 Å². The molecule has 9 heteroatoms. The Bertz CT molecular complexity index is 304. The van der Waals surface area contributed by atoms with E-state index in [4.69, 9.17) is 0 Å². The van der Waals surface area contributed by atoms with Crippen LogP contribution in [0.15, 0.2) is 0 Å². The minimum absolute atomic E-state index is 0.416. The van der Waals surface area contributed by atoms with E-state index in [1.165, 1.54) is 0 Å². The van der Waals surface area contributed by atoms with E-state index < -0.39 is 42.8 Å². The first kappa shape index (κ1) is 14.5. The van der Waals surface area contributed by atoms with Crippen molar-refractivity contribution in [3.63, 3.8) is 0 Å². The van der Waals surface area contributed by atoms with E-state index in [2.05, 4.69) is 4.74 Å². The third-order valence-corrected chi connectivity index (χ3v) is 2.43. The minimum Gasteiger partial charge on any atom is -0.300 e. The van der Waals surface area contributed by atoms with Crippen molar-refractivity contribution in [1.82, 2.24) is 0 Å². The van der Waals surface area contributed by atoms with Gasteiger partial charge in [0.15, 0.2) is 0 Å². The highest BCUT2D eigenvalue weighted by atomic mass is 19.4. The van der Waals surface area contributed by atoms with Gasteiger partial charge >= 0.3 is 17.8 Å². The molecule has 17 heavy (non-hydrogen) atoms. The molecule has 0 amide bonds. The smallest absolute Gasteiger partial charge is 0.300 e. The van der Waals surface area contributed by atoms with Crippen LogP contribution >= 0.6 is 0 Å². The number of hydrogen-bond donors (Lipinski definition) is 0. The standard InChI is InChI=1S/C8H8F8O/c1-2-3-5(10)7(13,14)8(15,16)6(11,12)4(9)17-5/h4H,2-3H2,1H3. The maximum absolute atomic E-state index is 13.4. The Balaban J connectivity index is 3.28. The normalized spacial score (nSPS) is 39.0. The van der Waals surface area contributed by atoms with E-state index in [0.29, 0.717) is 0 Å². The Hall–Kier alpha value is -0.600. The maximum Gasteiger partial charge on any atom is 0.383 e. The monoisotopic (exact) mass is 272 g/mol. The van der Waals surface area contributed by atoms with Gasteiger partial charge < -0.3 is 4.74 Å². The van der Waals surface area contributed by atoms with Crippen LogP contribution in [0.4, 0.5) is 35.1 Å². The summed E-state index contributed by atoms with van der Waals surface area (Å²) in [6.07, 6.45) is -5.87. The van der Waals surface area contributed by atoms with Crippen LogP contribution in [-0.2, 0) is 4.74 Å². The Labute approximate surface area is 90.7 Å². The van der Waals surface area contributed by atoms with Crippen LogP contribution in [0.25, 0.3) is 0 Å². The van der Waals surface area contributed by atoms with Crippen molar-refractivity contribution >= 4 is 0 Å². The SMILES string of the molecule is CCCC1(F)OC(F)C(F)(F)C(F)(F)C1(F)F. The lowest BCUT2D eigenvalue weighted by molar-refractivity contribution is -0.476. The largest absolute Gasteiger partial charge is 0.383 e. The van der Waals surface area contributed by atoms with Gasteiger partial charge in [0.25, 0.3) is 12.2 Å². The third kappa shape index (κ3) is 1.61. The van der Waals surface area contributed by atoms with Gasteiger partial charge in [-0.25, -0.2) is 8.78 Å². The lowest BCUT2D eigenvalue weighted by atomic mass is 9.91. The first-order valence-electron chi connectivity index (χ1n) is 4.58. The average Bonchev–Trinajstić information content (AvgIpc) is 2.15. The van der Waals surface area contributed by atoms with Gasteiger partial charge in [-0.3, -0.25) is 0 Å². The van der Waals surface area contributed by atoms with E-state index in [0.717, 1.165) is 6.92 Å². The molecule has 0 saturated carbocycles. The molecule has 0 N–H and O–H groups in total. The number of rotatable bonds is 2. The molecule has 1 saturated heterocycles. The predicted octanol–water partition coefficient (Wildman–Crippen LogP) is 3.68. The molecule has 2 atom stereocenters. The summed E-state index contributed by atoms with van der Waals surface area (Å²) in [7, 11) is 0. The van der Waals surface area contributed by atoms with Gasteiger partial charge in [0.2, 0.25) is 0 Å². The van der Waals surface area contributed by atoms with Crippen molar-refractivity contribution in [2.75, 3.05) is 0 Å². The van der Waals surface area contributed by atoms with Gasteiger partial charge in [0, 0.05) is 6.42 Å². The van der Waals surface area contributed by atoms with Crippen LogP contribution in [0.2, 0.25) is 0 Å². The molecule has 0 bridgehead atoms. The van der Waals surface area contributed by atoms with Crippen molar-refractivity contribution in [1.29, 1.82) is 0 Å². The summed E-state index contributed by atoms with van der Waals surface area (Å²) in [5.74, 6) is -22.2. The van der Waals surface area contributed by atoms with Crippen molar-refractivity contribution in [2.24, 2.45) is 0 Å². The molecule has 1 rings (SSSR count). The van der Waals surface area contributed by atoms with Crippen LogP contribution in [0, 0.1) is 0 Å². The first-order chi connectivity index (χ1) is 7.44. The van der Waals surface area contributed by atoms with Crippen LogP contribution in [0.5, 0.6) is 0 Å². The second-order valence-corrected chi connectivity index (χ2v) is 3.68. The van der Waals surface area contributed by atoms with Gasteiger partial charge in [-0.1, -0.05) is 13.3 Å². The molecule has 0 radical (unpaired) electrons.